The second-order valence-electron chi connectivity index (χ2n) is 12.5. The molecule has 4 aromatic rings. The molecule has 0 radical (unpaired) electrons. The number of aliphatic hydroxyl groups is 1. The minimum absolute atomic E-state index is 0.165. The van der Waals surface area contributed by atoms with Gasteiger partial charge in [-0.3, -0.25) is 18.5 Å². The predicted octanol–water partition coefficient (Wildman–Crippen LogP) is 4.15. The summed E-state index contributed by atoms with van der Waals surface area (Å²) in [6.45, 7) is 8.99. The first-order chi connectivity index (χ1) is 18.7. The number of aromatic nitrogens is 4. The topological polar surface area (TPSA) is 88.5 Å². The average molecular weight is 553 g/mol. The van der Waals surface area contributed by atoms with Crippen LogP contribution in [-0.2, 0) is 24.3 Å². The lowest BCUT2D eigenvalue weighted by Crippen LogP contribution is -2.60. The van der Waals surface area contributed by atoms with Crippen LogP contribution in [0.2, 0.25) is 0 Å². The zero-order chi connectivity index (χ0) is 28.9. The third-order valence-corrected chi connectivity index (χ3v) is 8.06. The van der Waals surface area contributed by atoms with Gasteiger partial charge in [0.2, 0.25) is 5.91 Å². The molecule has 4 heterocycles. The molecule has 2 saturated heterocycles. The summed E-state index contributed by atoms with van der Waals surface area (Å²) in [5, 5.41) is 10.5. The van der Waals surface area contributed by atoms with Crippen molar-refractivity contribution in [1.29, 1.82) is 0 Å². The van der Waals surface area contributed by atoms with E-state index in [2.05, 4.69) is 0 Å². The highest BCUT2D eigenvalue weighted by atomic mass is 19.3. The molecule has 2 aromatic heterocycles. The third-order valence-electron chi connectivity index (χ3n) is 8.06. The molecule has 0 unspecified atom stereocenters. The summed E-state index contributed by atoms with van der Waals surface area (Å²) in [5.41, 5.74) is 2.37. The maximum Gasteiger partial charge on any atom is 0.328 e. The average Bonchev–Trinajstić information content (AvgIpc) is 3.52. The molecule has 2 aliphatic rings. The molecule has 2 aromatic carbocycles. The Morgan fingerprint density at radius 1 is 1.00 bits per heavy atom. The van der Waals surface area contributed by atoms with Gasteiger partial charge < -0.3 is 14.9 Å². The maximum atomic E-state index is 14.5. The number of carbonyl (C=O) groups excluding carboxylic acids is 1. The first-order valence-corrected chi connectivity index (χ1v) is 13.5. The molecule has 0 atom stereocenters. The summed E-state index contributed by atoms with van der Waals surface area (Å²) in [4.78, 5) is 33.9. The summed E-state index contributed by atoms with van der Waals surface area (Å²) in [7, 11) is 3.42. The number of imidazole rings is 2. The van der Waals surface area contributed by atoms with E-state index in [4.69, 9.17) is 4.98 Å². The minimum Gasteiger partial charge on any atom is -0.386 e. The van der Waals surface area contributed by atoms with E-state index in [-0.39, 0.29) is 22.8 Å². The zero-order valence-electron chi connectivity index (χ0n) is 23.6. The summed E-state index contributed by atoms with van der Waals surface area (Å²) >= 11 is 0. The number of alkyl halides is 2. The summed E-state index contributed by atoms with van der Waals surface area (Å²) in [5.74, 6) is 0.497. The Hall–Kier alpha value is -3.73. The van der Waals surface area contributed by atoms with Crippen LogP contribution in [-0.4, -0.2) is 54.9 Å². The van der Waals surface area contributed by atoms with Crippen molar-refractivity contribution in [2.45, 2.75) is 58.0 Å². The monoisotopic (exact) mass is 552 g/mol. The normalized spacial score (nSPS) is 17.6. The van der Waals surface area contributed by atoms with Crippen molar-refractivity contribution >= 4 is 39.3 Å². The van der Waals surface area contributed by atoms with Crippen LogP contribution in [0, 0.1) is 0 Å². The molecular weight excluding hydrogens is 518 g/mol. The van der Waals surface area contributed by atoms with Gasteiger partial charge in [0.25, 0.3) is 6.43 Å². The van der Waals surface area contributed by atoms with Crippen LogP contribution in [0.3, 0.4) is 0 Å². The SMILES string of the molecule is Cn1c(=O)n(C)c2c(N3CC(C)(O)C3)cc(-n3c(C(C)(C)C)nc4cc(N5CCCC5=O)c(C(F)F)cc43)cc21. The number of anilines is 2. The van der Waals surface area contributed by atoms with Crippen molar-refractivity contribution in [2.24, 2.45) is 14.1 Å². The molecule has 40 heavy (non-hydrogen) atoms. The van der Waals surface area contributed by atoms with Gasteiger partial charge in [0.05, 0.1) is 44.7 Å². The first-order valence-electron chi connectivity index (χ1n) is 13.5. The van der Waals surface area contributed by atoms with E-state index < -0.39 is 17.4 Å². The Balaban J connectivity index is 1.66. The Bertz CT molecular complexity index is 1750. The molecule has 1 amide bonds. The molecule has 0 spiro atoms. The van der Waals surface area contributed by atoms with Crippen LogP contribution >= 0.6 is 0 Å². The number of carbonyl (C=O) groups is 1. The zero-order valence-corrected chi connectivity index (χ0v) is 23.6. The largest absolute Gasteiger partial charge is 0.386 e. The van der Waals surface area contributed by atoms with Crippen molar-refractivity contribution in [3.63, 3.8) is 0 Å². The van der Waals surface area contributed by atoms with Gasteiger partial charge >= 0.3 is 5.69 Å². The number of fused-ring (bicyclic) bond motifs is 2. The van der Waals surface area contributed by atoms with Crippen molar-refractivity contribution in [3.8, 4) is 5.69 Å². The van der Waals surface area contributed by atoms with Crippen molar-refractivity contribution in [3.05, 3.63) is 46.1 Å². The quantitative estimate of drug-likeness (QED) is 0.411. The lowest BCUT2D eigenvalue weighted by atomic mass is 9.95. The Morgan fingerprint density at radius 3 is 2.27 bits per heavy atom. The fourth-order valence-corrected chi connectivity index (χ4v) is 6.13. The van der Waals surface area contributed by atoms with E-state index in [0.717, 1.165) is 11.2 Å². The maximum absolute atomic E-state index is 14.5. The smallest absolute Gasteiger partial charge is 0.328 e. The van der Waals surface area contributed by atoms with Gasteiger partial charge in [-0.15, -0.1) is 0 Å². The first kappa shape index (κ1) is 26.5. The fraction of sp³-hybridized carbons (Fsp3) is 0.483. The van der Waals surface area contributed by atoms with Gasteiger partial charge in [-0.1, -0.05) is 20.8 Å². The number of amides is 1. The molecule has 212 valence electrons. The molecule has 2 aliphatic heterocycles. The molecule has 1 N–H and O–H groups in total. The minimum atomic E-state index is -2.79. The standard InChI is InChI=1S/C29H34F2N6O3/c1-28(2,3)26-32-18-13-19(36-9-7-8-23(36)38)17(25(30)31)12-20(18)37(26)16-10-21-24(34(6)27(39)33(21)5)22(11-16)35-14-29(4,40)15-35/h10-13,25,40H,7-9,14-15H2,1-6H3. The van der Waals surface area contributed by atoms with Crippen molar-refractivity contribution in [1.82, 2.24) is 18.7 Å². The lowest BCUT2D eigenvalue weighted by Gasteiger charge is -2.46. The Morgan fingerprint density at radius 2 is 1.70 bits per heavy atom. The van der Waals surface area contributed by atoms with Gasteiger partial charge in [0.15, 0.2) is 0 Å². The molecule has 11 heteroatoms. The third kappa shape index (κ3) is 3.93. The molecule has 2 fully saturated rings. The van der Waals surface area contributed by atoms with E-state index in [1.807, 2.05) is 42.4 Å². The molecule has 9 nitrogen and oxygen atoms in total. The van der Waals surface area contributed by atoms with Gasteiger partial charge in [-0.2, -0.15) is 0 Å². The number of benzene rings is 2. The molecule has 0 bridgehead atoms. The number of hydrogen-bond acceptors (Lipinski definition) is 5. The summed E-state index contributed by atoms with van der Waals surface area (Å²) < 4.78 is 34.0. The molecule has 0 aliphatic carbocycles. The highest BCUT2D eigenvalue weighted by Crippen LogP contribution is 2.41. The summed E-state index contributed by atoms with van der Waals surface area (Å²) in [6, 6.07) is 6.88. The highest BCUT2D eigenvalue weighted by molar-refractivity contribution is 5.99. The number of aryl methyl sites for hydroxylation is 2. The lowest BCUT2D eigenvalue weighted by molar-refractivity contribution is -0.117. The van der Waals surface area contributed by atoms with Crippen LogP contribution < -0.4 is 15.5 Å². The van der Waals surface area contributed by atoms with Gasteiger partial charge in [0.1, 0.15) is 5.82 Å². The van der Waals surface area contributed by atoms with Crippen molar-refractivity contribution < 1.29 is 18.7 Å². The number of halogens is 2. The van der Waals surface area contributed by atoms with E-state index in [1.165, 1.54) is 11.0 Å². The number of rotatable bonds is 4. The van der Waals surface area contributed by atoms with Gasteiger partial charge in [-0.25, -0.2) is 18.6 Å². The second kappa shape index (κ2) is 8.63. The summed E-state index contributed by atoms with van der Waals surface area (Å²) in [6.07, 6.45) is -1.82. The van der Waals surface area contributed by atoms with Crippen LogP contribution in [0.5, 0.6) is 0 Å². The molecule has 6 rings (SSSR count). The van der Waals surface area contributed by atoms with Gasteiger partial charge in [-0.05, 0) is 37.6 Å². The highest BCUT2D eigenvalue weighted by Gasteiger charge is 2.38. The Labute approximate surface area is 230 Å². The van der Waals surface area contributed by atoms with Crippen LogP contribution in [0.25, 0.3) is 27.8 Å². The van der Waals surface area contributed by atoms with E-state index in [9.17, 15) is 23.5 Å². The van der Waals surface area contributed by atoms with Crippen molar-refractivity contribution in [2.75, 3.05) is 29.4 Å². The molecule has 0 saturated carbocycles. The fourth-order valence-electron chi connectivity index (χ4n) is 6.13. The number of nitrogens with zero attached hydrogens (tertiary/aromatic N) is 6. The van der Waals surface area contributed by atoms with Gasteiger partial charge in [0, 0.05) is 51.1 Å². The second-order valence-corrected chi connectivity index (χ2v) is 12.5. The van der Waals surface area contributed by atoms with Crippen LogP contribution in [0.1, 0.15) is 58.3 Å². The van der Waals surface area contributed by atoms with E-state index >= 15 is 0 Å². The van der Waals surface area contributed by atoms with Crippen LogP contribution in [0.15, 0.2) is 29.1 Å². The van der Waals surface area contributed by atoms with E-state index in [1.54, 1.807) is 36.2 Å². The van der Waals surface area contributed by atoms with E-state index in [0.29, 0.717) is 60.5 Å². The number of hydrogen-bond donors (Lipinski definition) is 1. The number of β-amino-alcohol motifs (C(OH)–C–C–N with tert-alkyl or cyclic N) is 1. The Kier molecular flexibility index (Phi) is 5.72. The van der Waals surface area contributed by atoms with Crippen LogP contribution in [0.4, 0.5) is 20.2 Å². The predicted molar refractivity (Wildman–Crippen MR) is 151 cm³/mol. The molecular formula is C29H34F2N6O3.